The van der Waals surface area contributed by atoms with Crippen molar-refractivity contribution in [3.63, 3.8) is 0 Å². The molecule has 0 aliphatic rings. The van der Waals surface area contributed by atoms with E-state index in [-0.39, 0.29) is 0 Å². The van der Waals surface area contributed by atoms with Gasteiger partial charge >= 0.3 is 0 Å². The lowest BCUT2D eigenvalue weighted by Crippen LogP contribution is -2.03. The van der Waals surface area contributed by atoms with Gasteiger partial charge in [0, 0.05) is 6.54 Å². The molecule has 0 amide bonds. The van der Waals surface area contributed by atoms with Crippen LogP contribution in [0.1, 0.15) is 0 Å². The first-order chi connectivity index (χ1) is 6.40. The number of rotatable bonds is 3. The molecule has 1 N–H and O–H groups in total. The highest BCUT2D eigenvalue weighted by molar-refractivity contribution is 5.42. The van der Waals surface area contributed by atoms with Gasteiger partial charge in [0.1, 0.15) is 5.82 Å². The Kier molecular flexibility index (Phi) is 1.87. The van der Waals surface area contributed by atoms with E-state index in [2.05, 4.69) is 32.5 Å². The number of anilines is 1. The SMILES string of the molecule is C=CCNc1ccc2nnnn2n1. The Morgan fingerprint density at radius 2 is 2.46 bits per heavy atom. The lowest BCUT2D eigenvalue weighted by atomic mass is 10.5. The largest absolute Gasteiger partial charge is 0.365 e. The van der Waals surface area contributed by atoms with Gasteiger partial charge in [-0.15, -0.1) is 21.4 Å². The molecule has 13 heavy (non-hydrogen) atoms. The minimum Gasteiger partial charge on any atom is -0.365 e. The van der Waals surface area contributed by atoms with Crippen LogP contribution in [0.25, 0.3) is 5.65 Å². The van der Waals surface area contributed by atoms with Crippen LogP contribution >= 0.6 is 0 Å². The maximum atomic E-state index is 4.09. The summed E-state index contributed by atoms with van der Waals surface area (Å²) in [5, 5.41) is 18.0. The molecule has 0 aliphatic heterocycles. The number of aromatic nitrogens is 5. The van der Waals surface area contributed by atoms with Gasteiger partial charge in [0.25, 0.3) is 0 Å². The van der Waals surface area contributed by atoms with Crippen molar-refractivity contribution in [2.24, 2.45) is 0 Å². The maximum absolute atomic E-state index is 4.09. The summed E-state index contributed by atoms with van der Waals surface area (Å²) in [7, 11) is 0. The molecule has 0 spiro atoms. The molecule has 0 atom stereocenters. The highest BCUT2D eigenvalue weighted by Crippen LogP contribution is 2.01. The fourth-order valence-corrected chi connectivity index (χ4v) is 0.921. The Labute approximate surface area is 74.3 Å². The van der Waals surface area contributed by atoms with E-state index in [9.17, 15) is 0 Å². The average molecular weight is 176 g/mol. The van der Waals surface area contributed by atoms with Gasteiger partial charge in [0.15, 0.2) is 5.65 Å². The third-order valence-corrected chi connectivity index (χ3v) is 1.50. The lowest BCUT2D eigenvalue weighted by Gasteiger charge is -1.99. The van der Waals surface area contributed by atoms with Crippen LogP contribution in [0.15, 0.2) is 24.8 Å². The molecule has 0 saturated carbocycles. The molecule has 6 nitrogen and oxygen atoms in total. The van der Waals surface area contributed by atoms with Crippen LogP contribution in [0.4, 0.5) is 5.82 Å². The van der Waals surface area contributed by atoms with Crippen molar-refractivity contribution in [3.8, 4) is 0 Å². The monoisotopic (exact) mass is 176 g/mol. The van der Waals surface area contributed by atoms with Crippen molar-refractivity contribution in [2.75, 3.05) is 11.9 Å². The van der Waals surface area contributed by atoms with Crippen molar-refractivity contribution < 1.29 is 0 Å². The first kappa shape index (κ1) is 7.66. The standard InChI is InChI=1S/C7H8N6/c1-2-5-8-6-3-4-7-9-11-12-13(7)10-6/h2-4H,1,5H2,(H,8,10). The van der Waals surface area contributed by atoms with Crippen LogP contribution in [0.3, 0.4) is 0 Å². The highest BCUT2D eigenvalue weighted by Gasteiger charge is 1.98. The molecule has 2 aromatic heterocycles. The topological polar surface area (TPSA) is 68.0 Å². The fourth-order valence-electron chi connectivity index (χ4n) is 0.921. The first-order valence-electron chi connectivity index (χ1n) is 3.80. The van der Waals surface area contributed by atoms with Crippen LogP contribution < -0.4 is 5.32 Å². The van der Waals surface area contributed by atoms with E-state index in [1.165, 1.54) is 4.63 Å². The van der Waals surface area contributed by atoms with E-state index in [0.717, 1.165) is 5.82 Å². The summed E-state index contributed by atoms with van der Waals surface area (Å²) in [5.41, 5.74) is 0.629. The zero-order valence-corrected chi connectivity index (χ0v) is 6.88. The Balaban J connectivity index is 2.31. The Morgan fingerprint density at radius 3 is 3.31 bits per heavy atom. The predicted molar refractivity (Wildman–Crippen MR) is 47.3 cm³/mol. The predicted octanol–water partition coefficient (Wildman–Crippen LogP) is 0.117. The molecule has 6 heteroatoms. The minimum atomic E-state index is 0.629. The maximum Gasteiger partial charge on any atom is 0.200 e. The molecular weight excluding hydrogens is 168 g/mol. The van der Waals surface area contributed by atoms with E-state index in [1.807, 2.05) is 6.07 Å². The van der Waals surface area contributed by atoms with Crippen LogP contribution in [0.2, 0.25) is 0 Å². The van der Waals surface area contributed by atoms with E-state index >= 15 is 0 Å². The van der Waals surface area contributed by atoms with Crippen molar-refractivity contribution in [1.82, 2.24) is 25.3 Å². The molecule has 0 saturated heterocycles. The molecule has 2 heterocycles. The average Bonchev–Trinajstić information content (AvgIpc) is 2.61. The molecule has 0 radical (unpaired) electrons. The summed E-state index contributed by atoms with van der Waals surface area (Å²) in [6.07, 6.45) is 1.76. The summed E-state index contributed by atoms with van der Waals surface area (Å²) in [4.78, 5) is 0. The van der Waals surface area contributed by atoms with Gasteiger partial charge in [-0.05, 0) is 22.6 Å². The Bertz CT molecular complexity index is 420. The van der Waals surface area contributed by atoms with Crippen molar-refractivity contribution in [3.05, 3.63) is 24.8 Å². The van der Waals surface area contributed by atoms with Gasteiger partial charge in [0.05, 0.1) is 0 Å². The van der Waals surface area contributed by atoms with E-state index in [4.69, 9.17) is 0 Å². The summed E-state index contributed by atoms with van der Waals surface area (Å²) in [5.74, 6) is 0.722. The second-order valence-corrected chi connectivity index (χ2v) is 2.41. The van der Waals surface area contributed by atoms with Crippen molar-refractivity contribution in [1.29, 1.82) is 0 Å². The van der Waals surface area contributed by atoms with Crippen LogP contribution in [0, 0.1) is 0 Å². The number of nitrogens with one attached hydrogen (secondary N) is 1. The van der Waals surface area contributed by atoms with Crippen molar-refractivity contribution >= 4 is 11.5 Å². The van der Waals surface area contributed by atoms with E-state index in [0.29, 0.717) is 12.2 Å². The van der Waals surface area contributed by atoms with E-state index < -0.39 is 0 Å². The number of tetrazole rings is 1. The third-order valence-electron chi connectivity index (χ3n) is 1.50. The zero-order chi connectivity index (χ0) is 9.10. The van der Waals surface area contributed by atoms with Crippen LogP contribution in [0.5, 0.6) is 0 Å². The first-order valence-corrected chi connectivity index (χ1v) is 3.80. The molecular formula is C7H8N6. The van der Waals surface area contributed by atoms with Gasteiger partial charge in [-0.3, -0.25) is 0 Å². The summed E-state index contributed by atoms with van der Waals surface area (Å²) >= 11 is 0. The lowest BCUT2D eigenvalue weighted by molar-refractivity contribution is 0.735. The molecule has 0 bridgehead atoms. The normalized spacial score (nSPS) is 10.2. The molecule has 0 aromatic carbocycles. The van der Waals surface area contributed by atoms with Gasteiger partial charge in [0.2, 0.25) is 0 Å². The molecule has 0 aliphatic carbocycles. The highest BCUT2D eigenvalue weighted by atomic mass is 15.6. The smallest absolute Gasteiger partial charge is 0.200 e. The number of fused-ring (bicyclic) bond motifs is 1. The molecule has 0 fully saturated rings. The summed E-state index contributed by atoms with van der Waals surface area (Å²) in [6, 6.07) is 3.60. The summed E-state index contributed by atoms with van der Waals surface area (Å²) in [6.45, 7) is 4.26. The minimum absolute atomic E-state index is 0.629. The number of nitrogens with zero attached hydrogens (tertiary/aromatic N) is 5. The number of hydrogen-bond acceptors (Lipinski definition) is 5. The van der Waals surface area contributed by atoms with Gasteiger partial charge in [-0.1, -0.05) is 6.08 Å². The summed E-state index contributed by atoms with van der Waals surface area (Å²) < 4.78 is 1.37. The molecule has 0 unspecified atom stereocenters. The van der Waals surface area contributed by atoms with E-state index in [1.54, 1.807) is 12.1 Å². The number of hydrogen-bond donors (Lipinski definition) is 1. The molecule has 2 rings (SSSR count). The van der Waals surface area contributed by atoms with Gasteiger partial charge in [-0.2, -0.15) is 0 Å². The quantitative estimate of drug-likeness (QED) is 0.672. The van der Waals surface area contributed by atoms with Gasteiger partial charge in [-0.25, -0.2) is 0 Å². The molecule has 2 aromatic rings. The van der Waals surface area contributed by atoms with Crippen molar-refractivity contribution in [2.45, 2.75) is 0 Å². The van der Waals surface area contributed by atoms with Crippen LogP contribution in [-0.4, -0.2) is 31.8 Å². The zero-order valence-electron chi connectivity index (χ0n) is 6.88. The fraction of sp³-hybridized carbons (Fsp3) is 0.143. The Morgan fingerprint density at radius 1 is 1.54 bits per heavy atom. The molecule has 66 valence electrons. The second kappa shape index (κ2) is 3.18. The Hall–Kier alpha value is -1.98. The third kappa shape index (κ3) is 1.46. The van der Waals surface area contributed by atoms with Gasteiger partial charge < -0.3 is 5.32 Å². The van der Waals surface area contributed by atoms with Crippen LogP contribution in [-0.2, 0) is 0 Å². The second-order valence-electron chi connectivity index (χ2n) is 2.41.